The molecule has 0 fully saturated rings. The first-order valence-electron chi connectivity index (χ1n) is 4.95. The summed E-state index contributed by atoms with van der Waals surface area (Å²) in [5, 5.41) is 1.13. The van der Waals surface area contributed by atoms with Crippen molar-refractivity contribution >= 4 is 34.2 Å². The molecule has 0 amide bonds. The Kier molecular flexibility index (Phi) is 2.89. The largest absolute Gasteiger partial charge is 0.328 e. The van der Waals surface area contributed by atoms with E-state index in [0.29, 0.717) is 16.1 Å². The van der Waals surface area contributed by atoms with Gasteiger partial charge in [-0.2, -0.15) is 0 Å². The summed E-state index contributed by atoms with van der Waals surface area (Å²) in [7, 11) is 0. The zero-order chi connectivity index (χ0) is 11.0. The van der Waals surface area contributed by atoms with Gasteiger partial charge in [-0.25, -0.2) is 4.98 Å². The van der Waals surface area contributed by atoms with E-state index in [1.807, 2.05) is 12.4 Å². The highest BCUT2D eigenvalue weighted by Gasteiger charge is 2.09. The minimum atomic E-state index is 0.423. The molecule has 2 rings (SSSR count). The maximum Gasteiger partial charge on any atom is 0.0960 e. The molecule has 80 valence electrons. The third-order valence-electron chi connectivity index (χ3n) is 2.68. The molecule has 0 aliphatic rings. The molecule has 1 atom stereocenters. The molecule has 1 heterocycles. The molecule has 1 aromatic heterocycles. The standard InChI is InChI=1S/C11H12Cl2N2/c1-3-7(2)15-6-14-10-4-8(12)9(13)5-11(10)15/h4-7H,3H2,1-2H3. The topological polar surface area (TPSA) is 17.8 Å². The second-order valence-electron chi connectivity index (χ2n) is 3.66. The van der Waals surface area contributed by atoms with E-state index in [1.54, 1.807) is 6.07 Å². The highest BCUT2D eigenvalue weighted by Crippen LogP contribution is 2.28. The first-order chi connectivity index (χ1) is 7.13. The van der Waals surface area contributed by atoms with E-state index in [-0.39, 0.29) is 0 Å². The Balaban J connectivity index is 2.64. The fourth-order valence-corrected chi connectivity index (χ4v) is 1.89. The molecule has 0 aliphatic carbocycles. The fourth-order valence-electron chi connectivity index (χ4n) is 1.57. The Morgan fingerprint density at radius 1 is 1.33 bits per heavy atom. The summed E-state index contributed by atoms with van der Waals surface area (Å²) in [4.78, 5) is 4.31. The van der Waals surface area contributed by atoms with Crippen molar-refractivity contribution in [3.8, 4) is 0 Å². The minimum absolute atomic E-state index is 0.423. The van der Waals surface area contributed by atoms with Crippen LogP contribution in [0.2, 0.25) is 10.0 Å². The van der Waals surface area contributed by atoms with Crippen molar-refractivity contribution in [1.29, 1.82) is 0 Å². The molecule has 2 nitrogen and oxygen atoms in total. The van der Waals surface area contributed by atoms with Crippen LogP contribution < -0.4 is 0 Å². The molecule has 0 N–H and O–H groups in total. The van der Waals surface area contributed by atoms with Crippen LogP contribution in [0.4, 0.5) is 0 Å². The Hall–Kier alpha value is -0.730. The lowest BCUT2D eigenvalue weighted by molar-refractivity contribution is 0.544. The zero-order valence-corrected chi connectivity index (χ0v) is 10.2. The molecule has 0 saturated heterocycles. The van der Waals surface area contributed by atoms with Gasteiger partial charge in [-0.15, -0.1) is 0 Å². The van der Waals surface area contributed by atoms with Gasteiger partial charge in [0.1, 0.15) is 0 Å². The highest BCUT2D eigenvalue weighted by atomic mass is 35.5. The summed E-state index contributed by atoms with van der Waals surface area (Å²) in [6.45, 7) is 4.30. The molecule has 1 unspecified atom stereocenters. The number of benzene rings is 1. The van der Waals surface area contributed by atoms with Crippen LogP contribution in [0.15, 0.2) is 18.5 Å². The van der Waals surface area contributed by atoms with Gasteiger partial charge >= 0.3 is 0 Å². The molecule has 1 aromatic carbocycles. The van der Waals surface area contributed by atoms with Crippen molar-refractivity contribution in [2.24, 2.45) is 0 Å². The van der Waals surface area contributed by atoms with Crippen LogP contribution in [-0.2, 0) is 0 Å². The quantitative estimate of drug-likeness (QED) is 0.768. The number of hydrogen-bond acceptors (Lipinski definition) is 1. The number of imidazole rings is 1. The SMILES string of the molecule is CCC(C)n1cnc2cc(Cl)c(Cl)cc21. The number of hydrogen-bond donors (Lipinski definition) is 0. The van der Waals surface area contributed by atoms with Crippen LogP contribution in [0.5, 0.6) is 0 Å². The Morgan fingerprint density at radius 3 is 2.67 bits per heavy atom. The van der Waals surface area contributed by atoms with E-state index in [0.717, 1.165) is 17.5 Å². The number of fused-ring (bicyclic) bond motifs is 1. The van der Waals surface area contributed by atoms with Crippen molar-refractivity contribution < 1.29 is 0 Å². The molecular formula is C11H12Cl2N2. The van der Waals surface area contributed by atoms with E-state index in [4.69, 9.17) is 23.2 Å². The van der Waals surface area contributed by atoms with Gasteiger partial charge in [-0.3, -0.25) is 0 Å². The number of rotatable bonds is 2. The van der Waals surface area contributed by atoms with Crippen molar-refractivity contribution in [3.05, 3.63) is 28.5 Å². The average Bonchev–Trinajstić information content (AvgIpc) is 2.61. The zero-order valence-electron chi connectivity index (χ0n) is 8.67. The first-order valence-corrected chi connectivity index (χ1v) is 5.70. The molecule has 0 spiro atoms. The highest BCUT2D eigenvalue weighted by molar-refractivity contribution is 6.42. The molecule has 0 bridgehead atoms. The van der Waals surface area contributed by atoms with Crippen molar-refractivity contribution in [1.82, 2.24) is 9.55 Å². The average molecular weight is 243 g/mol. The van der Waals surface area contributed by atoms with Crippen LogP contribution in [0.1, 0.15) is 26.3 Å². The second-order valence-corrected chi connectivity index (χ2v) is 4.48. The predicted molar refractivity (Wildman–Crippen MR) is 64.8 cm³/mol. The van der Waals surface area contributed by atoms with E-state index < -0.39 is 0 Å². The van der Waals surface area contributed by atoms with E-state index in [9.17, 15) is 0 Å². The van der Waals surface area contributed by atoms with E-state index in [2.05, 4.69) is 23.4 Å². The number of halogens is 2. The van der Waals surface area contributed by atoms with Gasteiger partial charge in [0.25, 0.3) is 0 Å². The second kappa shape index (κ2) is 4.03. The van der Waals surface area contributed by atoms with Crippen molar-refractivity contribution in [3.63, 3.8) is 0 Å². The van der Waals surface area contributed by atoms with Crippen LogP contribution in [0.3, 0.4) is 0 Å². The monoisotopic (exact) mass is 242 g/mol. The maximum atomic E-state index is 5.99. The lowest BCUT2D eigenvalue weighted by Gasteiger charge is -2.11. The Bertz CT molecular complexity index is 491. The molecular weight excluding hydrogens is 231 g/mol. The summed E-state index contributed by atoms with van der Waals surface area (Å²) in [5.41, 5.74) is 1.93. The first kappa shape index (κ1) is 10.8. The van der Waals surface area contributed by atoms with Crippen LogP contribution >= 0.6 is 23.2 Å². The van der Waals surface area contributed by atoms with Crippen molar-refractivity contribution in [2.45, 2.75) is 26.3 Å². The molecule has 0 saturated carbocycles. The predicted octanol–water partition coefficient (Wildman–Crippen LogP) is 4.31. The van der Waals surface area contributed by atoms with Gasteiger partial charge < -0.3 is 4.57 Å². The van der Waals surface area contributed by atoms with Gasteiger partial charge in [0.15, 0.2) is 0 Å². The van der Waals surface area contributed by atoms with Gasteiger partial charge in [-0.05, 0) is 25.5 Å². The summed E-state index contributed by atoms with van der Waals surface area (Å²) in [6.07, 6.45) is 2.90. The Morgan fingerprint density at radius 2 is 2.00 bits per heavy atom. The fraction of sp³-hybridized carbons (Fsp3) is 0.364. The van der Waals surface area contributed by atoms with E-state index in [1.165, 1.54) is 0 Å². The van der Waals surface area contributed by atoms with Gasteiger partial charge in [0.2, 0.25) is 0 Å². The third-order valence-corrected chi connectivity index (χ3v) is 3.40. The van der Waals surface area contributed by atoms with Gasteiger partial charge in [-0.1, -0.05) is 30.1 Å². The number of nitrogens with zero attached hydrogens (tertiary/aromatic N) is 2. The summed E-state index contributed by atoms with van der Waals surface area (Å²) >= 11 is 11.9. The lowest BCUT2D eigenvalue weighted by Crippen LogP contribution is -2.01. The maximum absolute atomic E-state index is 5.99. The minimum Gasteiger partial charge on any atom is -0.328 e. The van der Waals surface area contributed by atoms with Crippen molar-refractivity contribution in [2.75, 3.05) is 0 Å². The van der Waals surface area contributed by atoms with Crippen LogP contribution in [0, 0.1) is 0 Å². The molecule has 0 aliphatic heterocycles. The van der Waals surface area contributed by atoms with Gasteiger partial charge in [0, 0.05) is 6.04 Å². The third kappa shape index (κ3) is 1.84. The summed E-state index contributed by atoms with van der Waals surface area (Å²) < 4.78 is 2.12. The van der Waals surface area contributed by atoms with E-state index >= 15 is 0 Å². The smallest absolute Gasteiger partial charge is 0.0960 e. The Labute approximate surface area is 98.8 Å². The van der Waals surface area contributed by atoms with Crippen LogP contribution in [0.25, 0.3) is 11.0 Å². The lowest BCUT2D eigenvalue weighted by atomic mass is 10.2. The molecule has 15 heavy (non-hydrogen) atoms. The van der Waals surface area contributed by atoms with Gasteiger partial charge in [0.05, 0.1) is 27.4 Å². The van der Waals surface area contributed by atoms with Crippen LogP contribution in [-0.4, -0.2) is 9.55 Å². The molecule has 0 radical (unpaired) electrons. The summed E-state index contributed by atoms with van der Waals surface area (Å²) in [5.74, 6) is 0. The normalized spacial score (nSPS) is 13.3. The summed E-state index contributed by atoms with van der Waals surface area (Å²) in [6, 6.07) is 4.10. The number of aromatic nitrogens is 2. The molecule has 4 heteroatoms. The molecule has 2 aromatic rings.